The summed E-state index contributed by atoms with van der Waals surface area (Å²) in [5, 5.41) is 9.54. The smallest absolute Gasteiger partial charge is 0.339 e. The fraction of sp³-hybridized carbons (Fsp3) is 0.647. The number of piperidine rings is 1. The van der Waals surface area contributed by atoms with E-state index in [9.17, 15) is 18.7 Å². The molecule has 1 aromatic rings. The lowest BCUT2D eigenvalue weighted by molar-refractivity contribution is -0.0652. The molecular weight excluding hydrogens is 302 g/mol. The molecule has 0 radical (unpaired) electrons. The van der Waals surface area contributed by atoms with Gasteiger partial charge in [0.05, 0.1) is 0 Å². The minimum atomic E-state index is -2.69. The molecule has 0 aromatic carbocycles. The van der Waals surface area contributed by atoms with Gasteiger partial charge in [0.2, 0.25) is 0 Å². The summed E-state index contributed by atoms with van der Waals surface area (Å²) < 4.78 is 27.4. The molecule has 1 saturated heterocycles. The van der Waals surface area contributed by atoms with Gasteiger partial charge in [-0.3, -0.25) is 0 Å². The summed E-state index contributed by atoms with van der Waals surface area (Å²) in [7, 11) is 0. The van der Waals surface area contributed by atoms with Crippen LogP contribution in [0.15, 0.2) is 6.07 Å². The Morgan fingerprint density at radius 2 is 2.17 bits per heavy atom. The number of nitrogens with zero attached hydrogens (tertiary/aromatic N) is 2. The van der Waals surface area contributed by atoms with Gasteiger partial charge >= 0.3 is 5.97 Å². The number of aromatic nitrogens is 1. The topological polar surface area (TPSA) is 53.4 Å². The number of anilines is 1. The molecule has 1 aliphatic carbocycles. The number of pyridine rings is 1. The van der Waals surface area contributed by atoms with E-state index in [4.69, 9.17) is 0 Å². The van der Waals surface area contributed by atoms with Crippen molar-refractivity contribution >= 4 is 11.8 Å². The van der Waals surface area contributed by atoms with E-state index >= 15 is 0 Å². The van der Waals surface area contributed by atoms with Gasteiger partial charge in [-0.1, -0.05) is 13.8 Å². The van der Waals surface area contributed by atoms with Crippen LogP contribution in [-0.4, -0.2) is 35.1 Å². The van der Waals surface area contributed by atoms with Gasteiger partial charge in [-0.15, -0.1) is 0 Å². The van der Waals surface area contributed by atoms with E-state index in [0.717, 1.165) is 30.5 Å². The Kier molecular flexibility index (Phi) is 4.02. The van der Waals surface area contributed by atoms with Gasteiger partial charge in [0.1, 0.15) is 11.4 Å². The Balaban J connectivity index is 2.00. The van der Waals surface area contributed by atoms with Crippen LogP contribution in [0.1, 0.15) is 60.6 Å². The fourth-order valence-corrected chi connectivity index (χ4v) is 3.59. The van der Waals surface area contributed by atoms with Crippen molar-refractivity contribution in [3.05, 3.63) is 22.9 Å². The van der Waals surface area contributed by atoms with Crippen LogP contribution in [-0.2, 0) is 6.42 Å². The Morgan fingerprint density at radius 3 is 2.83 bits per heavy atom. The lowest BCUT2D eigenvalue weighted by Gasteiger charge is -2.38. The lowest BCUT2D eigenvalue weighted by Crippen LogP contribution is -2.46. The summed E-state index contributed by atoms with van der Waals surface area (Å²) in [5.41, 5.74) is 2.05. The molecular formula is C17H22F2N2O2. The Bertz CT molecular complexity index is 633. The standard InChI is InChI=1S/C17H22F2N2O2/c1-10-4-3-5-14-12(10)8-13(16(22)23)15(20-14)21-7-6-17(18,19)11(2)9-21/h8,10-11H,3-7,9H2,1-2H3,(H,22,23). The van der Waals surface area contributed by atoms with Crippen LogP contribution in [0.25, 0.3) is 0 Å². The Labute approximate surface area is 134 Å². The highest BCUT2D eigenvalue weighted by Gasteiger charge is 2.42. The van der Waals surface area contributed by atoms with Crippen LogP contribution in [0.4, 0.5) is 14.6 Å². The molecule has 2 heterocycles. The van der Waals surface area contributed by atoms with Crippen molar-refractivity contribution in [1.82, 2.24) is 4.98 Å². The second kappa shape index (κ2) is 5.73. The number of halogens is 2. The summed E-state index contributed by atoms with van der Waals surface area (Å²) in [4.78, 5) is 18.0. The number of hydrogen-bond donors (Lipinski definition) is 1. The first-order valence-electron chi connectivity index (χ1n) is 8.19. The molecule has 3 rings (SSSR count). The van der Waals surface area contributed by atoms with E-state index in [1.54, 1.807) is 11.0 Å². The average molecular weight is 324 g/mol. The third-order valence-electron chi connectivity index (χ3n) is 5.16. The Morgan fingerprint density at radius 1 is 1.43 bits per heavy atom. The van der Waals surface area contributed by atoms with Crippen LogP contribution in [0.5, 0.6) is 0 Å². The highest BCUT2D eigenvalue weighted by atomic mass is 19.3. The molecule has 0 amide bonds. The van der Waals surface area contributed by atoms with Crippen LogP contribution in [0.2, 0.25) is 0 Å². The van der Waals surface area contributed by atoms with E-state index in [0.29, 0.717) is 11.7 Å². The molecule has 0 bridgehead atoms. The Hall–Kier alpha value is -1.72. The molecule has 23 heavy (non-hydrogen) atoms. The van der Waals surface area contributed by atoms with Crippen molar-refractivity contribution in [3.63, 3.8) is 0 Å². The van der Waals surface area contributed by atoms with E-state index in [-0.39, 0.29) is 25.1 Å². The van der Waals surface area contributed by atoms with Crippen molar-refractivity contribution in [2.24, 2.45) is 5.92 Å². The SMILES string of the molecule is CC1CCCc2nc(N3CCC(F)(F)C(C)C3)c(C(=O)O)cc21. The van der Waals surface area contributed by atoms with Crippen LogP contribution in [0.3, 0.4) is 0 Å². The predicted molar refractivity (Wildman–Crippen MR) is 83.5 cm³/mol. The van der Waals surface area contributed by atoms with Crippen molar-refractivity contribution in [2.75, 3.05) is 18.0 Å². The number of fused-ring (bicyclic) bond motifs is 1. The molecule has 2 aliphatic rings. The third-order valence-corrected chi connectivity index (χ3v) is 5.16. The van der Waals surface area contributed by atoms with Gasteiger partial charge in [-0.25, -0.2) is 18.6 Å². The summed E-state index contributed by atoms with van der Waals surface area (Å²) >= 11 is 0. The molecule has 0 spiro atoms. The van der Waals surface area contributed by atoms with E-state index in [2.05, 4.69) is 11.9 Å². The van der Waals surface area contributed by atoms with Gasteiger partial charge < -0.3 is 10.0 Å². The average Bonchev–Trinajstić information content (AvgIpc) is 2.49. The molecule has 1 fully saturated rings. The fourth-order valence-electron chi connectivity index (χ4n) is 3.59. The molecule has 1 N–H and O–H groups in total. The summed E-state index contributed by atoms with van der Waals surface area (Å²) in [6.07, 6.45) is 2.62. The molecule has 1 aromatic heterocycles. The number of hydrogen-bond acceptors (Lipinski definition) is 3. The second-order valence-electron chi connectivity index (χ2n) is 6.85. The molecule has 0 saturated carbocycles. The number of carbonyl (C=O) groups is 1. The van der Waals surface area contributed by atoms with Gasteiger partial charge in [0.15, 0.2) is 0 Å². The first kappa shape index (κ1) is 16.1. The van der Waals surface area contributed by atoms with Crippen LogP contribution in [0, 0.1) is 5.92 Å². The van der Waals surface area contributed by atoms with E-state index in [1.165, 1.54) is 6.92 Å². The number of aryl methyl sites for hydroxylation is 1. The second-order valence-corrected chi connectivity index (χ2v) is 6.85. The first-order chi connectivity index (χ1) is 10.8. The summed E-state index contributed by atoms with van der Waals surface area (Å²) in [6.45, 7) is 3.86. The van der Waals surface area contributed by atoms with Crippen LogP contribution < -0.4 is 4.90 Å². The van der Waals surface area contributed by atoms with Crippen molar-refractivity contribution in [3.8, 4) is 0 Å². The lowest BCUT2D eigenvalue weighted by atomic mass is 9.86. The minimum absolute atomic E-state index is 0.134. The minimum Gasteiger partial charge on any atom is -0.478 e. The molecule has 2 atom stereocenters. The van der Waals surface area contributed by atoms with Gasteiger partial charge in [-0.05, 0) is 36.8 Å². The number of carboxylic acids is 1. The maximum atomic E-state index is 13.7. The summed E-state index contributed by atoms with van der Waals surface area (Å²) in [5.74, 6) is -3.90. The number of rotatable bonds is 2. The maximum absolute atomic E-state index is 13.7. The maximum Gasteiger partial charge on any atom is 0.339 e. The zero-order valence-electron chi connectivity index (χ0n) is 13.5. The van der Waals surface area contributed by atoms with Crippen molar-refractivity contribution in [1.29, 1.82) is 0 Å². The monoisotopic (exact) mass is 324 g/mol. The van der Waals surface area contributed by atoms with E-state index in [1.807, 2.05) is 0 Å². The molecule has 4 nitrogen and oxygen atoms in total. The van der Waals surface area contributed by atoms with Crippen molar-refractivity contribution < 1.29 is 18.7 Å². The quantitative estimate of drug-likeness (QED) is 0.901. The molecule has 126 valence electrons. The zero-order valence-corrected chi connectivity index (χ0v) is 13.5. The first-order valence-corrected chi connectivity index (χ1v) is 8.19. The largest absolute Gasteiger partial charge is 0.478 e. The summed E-state index contributed by atoms with van der Waals surface area (Å²) in [6, 6.07) is 1.71. The molecule has 2 unspecified atom stereocenters. The number of carboxylic acid groups (broad SMARTS) is 1. The van der Waals surface area contributed by atoms with Gasteiger partial charge in [0.25, 0.3) is 5.92 Å². The number of aromatic carboxylic acids is 1. The van der Waals surface area contributed by atoms with Crippen molar-refractivity contribution in [2.45, 2.75) is 51.4 Å². The highest BCUT2D eigenvalue weighted by molar-refractivity contribution is 5.93. The molecule has 1 aliphatic heterocycles. The third kappa shape index (κ3) is 2.91. The zero-order chi connectivity index (χ0) is 16.8. The predicted octanol–water partition coefficient (Wildman–Crippen LogP) is 3.70. The number of alkyl halides is 2. The van der Waals surface area contributed by atoms with Crippen LogP contribution >= 0.6 is 0 Å². The highest BCUT2D eigenvalue weighted by Crippen LogP contribution is 2.38. The van der Waals surface area contributed by atoms with Gasteiger partial charge in [-0.2, -0.15) is 0 Å². The normalized spacial score (nSPS) is 26.7. The van der Waals surface area contributed by atoms with E-state index < -0.39 is 17.8 Å². The molecule has 6 heteroatoms. The van der Waals surface area contributed by atoms with Gasteiger partial charge in [0, 0.05) is 31.1 Å².